The molecule has 0 aliphatic heterocycles. The largest absolute Gasteiger partial charge is 0.506 e. The summed E-state index contributed by atoms with van der Waals surface area (Å²) >= 11 is 12.2. The van der Waals surface area contributed by atoms with E-state index in [1.165, 1.54) is 14.2 Å². The van der Waals surface area contributed by atoms with Gasteiger partial charge in [0.2, 0.25) is 5.88 Å². The molecule has 4 N–H and O–H groups in total. The van der Waals surface area contributed by atoms with Crippen molar-refractivity contribution < 1.29 is 24.5 Å². The van der Waals surface area contributed by atoms with Gasteiger partial charge in [0.1, 0.15) is 22.8 Å². The van der Waals surface area contributed by atoms with Gasteiger partial charge in [-0.15, -0.1) is 0 Å². The summed E-state index contributed by atoms with van der Waals surface area (Å²) in [4.78, 5) is 17.3. The molecule has 0 aliphatic rings. The maximum Gasteiger partial charge on any atom is 0.260 e. The highest BCUT2D eigenvalue weighted by Crippen LogP contribution is 2.47. The van der Waals surface area contributed by atoms with Crippen LogP contribution in [0.3, 0.4) is 0 Å². The fourth-order valence-electron chi connectivity index (χ4n) is 3.96. The first-order chi connectivity index (χ1) is 17.8. The van der Waals surface area contributed by atoms with E-state index < -0.39 is 17.5 Å². The zero-order valence-electron chi connectivity index (χ0n) is 21.0. The normalized spacial score (nSPS) is 10.8. The minimum Gasteiger partial charge on any atom is -0.506 e. The highest BCUT2D eigenvalue weighted by atomic mass is 35.5. The van der Waals surface area contributed by atoms with Crippen molar-refractivity contribution in [2.45, 2.75) is 32.7 Å². The summed E-state index contributed by atoms with van der Waals surface area (Å²) in [5.74, 6) is -0.720. The minimum absolute atomic E-state index is 0.223. The third-order valence-electron chi connectivity index (χ3n) is 5.83. The van der Waals surface area contributed by atoms with Crippen LogP contribution in [-0.4, -0.2) is 48.4 Å². The Morgan fingerprint density at radius 1 is 1.00 bits per heavy atom. The van der Waals surface area contributed by atoms with E-state index in [2.05, 4.69) is 15.6 Å². The van der Waals surface area contributed by atoms with Crippen LogP contribution in [-0.2, 0) is 13.0 Å². The number of benzene rings is 2. The fraction of sp³-hybridized carbons (Fsp3) is 0.333. The number of carbonyl (C=O) groups excluding carboxylic acids is 1. The summed E-state index contributed by atoms with van der Waals surface area (Å²) in [6.45, 7) is 3.11. The van der Waals surface area contributed by atoms with Gasteiger partial charge in [0.05, 0.1) is 41.1 Å². The number of rotatable bonds is 12. The molecule has 3 rings (SSSR count). The average Bonchev–Trinajstić information content (AvgIpc) is 2.89. The number of ether oxygens (including phenoxy) is 2. The van der Waals surface area contributed by atoms with E-state index in [0.717, 1.165) is 18.4 Å². The minimum atomic E-state index is -0.665. The van der Waals surface area contributed by atoms with Crippen LogP contribution in [0.2, 0.25) is 10.0 Å². The third kappa shape index (κ3) is 6.57. The number of hydrogen-bond donors (Lipinski definition) is 4. The number of carbonyl (C=O) groups is 1. The number of nitrogens with one attached hydrogen (secondary N) is 2. The second-order valence-corrected chi connectivity index (χ2v) is 9.05. The lowest BCUT2D eigenvalue weighted by Gasteiger charge is -2.19. The quantitative estimate of drug-likeness (QED) is 0.226. The number of unbranched alkanes of at least 4 members (excludes halogenated alkanes) is 1. The van der Waals surface area contributed by atoms with Gasteiger partial charge >= 0.3 is 0 Å². The summed E-state index contributed by atoms with van der Waals surface area (Å²) in [7, 11) is 3.01. The SMILES string of the molecule is CCCCc1nc(O)c(C(=O)NCCNCc2cccc(Cl)c2Cl)c(O)c1-c1c(OC)cccc1OC. The van der Waals surface area contributed by atoms with E-state index in [9.17, 15) is 15.0 Å². The maximum absolute atomic E-state index is 13.0. The Morgan fingerprint density at radius 2 is 1.68 bits per heavy atom. The first kappa shape index (κ1) is 28.4. The smallest absolute Gasteiger partial charge is 0.260 e. The monoisotopic (exact) mass is 547 g/mol. The van der Waals surface area contributed by atoms with Gasteiger partial charge in [-0.25, -0.2) is 4.98 Å². The summed E-state index contributed by atoms with van der Waals surface area (Å²) in [5, 5.41) is 28.8. The highest BCUT2D eigenvalue weighted by molar-refractivity contribution is 6.42. The lowest BCUT2D eigenvalue weighted by atomic mass is 9.95. The van der Waals surface area contributed by atoms with Crippen LogP contribution in [0.4, 0.5) is 0 Å². The molecule has 0 fully saturated rings. The van der Waals surface area contributed by atoms with Crippen LogP contribution in [0.1, 0.15) is 41.4 Å². The number of aromatic hydroxyl groups is 2. The van der Waals surface area contributed by atoms with Gasteiger partial charge in [-0.3, -0.25) is 4.79 Å². The Bertz CT molecular complexity index is 1230. The Morgan fingerprint density at radius 3 is 2.32 bits per heavy atom. The molecule has 8 nitrogen and oxygen atoms in total. The molecule has 3 aromatic rings. The van der Waals surface area contributed by atoms with Crippen LogP contribution in [0, 0.1) is 0 Å². The van der Waals surface area contributed by atoms with E-state index in [1.54, 1.807) is 24.3 Å². The van der Waals surface area contributed by atoms with Crippen molar-refractivity contribution in [3.05, 3.63) is 63.3 Å². The van der Waals surface area contributed by atoms with Crippen molar-refractivity contribution >= 4 is 29.1 Å². The van der Waals surface area contributed by atoms with Gasteiger partial charge < -0.3 is 30.3 Å². The van der Waals surface area contributed by atoms with Gasteiger partial charge in [0.15, 0.2) is 0 Å². The van der Waals surface area contributed by atoms with E-state index in [0.29, 0.717) is 57.9 Å². The van der Waals surface area contributed by atoms with Gasteiger partial charge in [-0.1, -0.05) is 54.7 Å². The molecule has 0 saturated heterocycles. The average molecular weight is 548 g/mol. The molecule has 0 bridgehead atoms. The summed E-state index contributed by atoms with van der Waals surface area (Å²) < 4.78 is 11.0. The lowest BCUT2D eigenvalue weighted by Crippen LogP contribution is -2.32. The van der Waals surface area contributed by atoms with Crippen molar-refractivity contribution in [2.75, 3.05) is 27.3 Å². The molecule has 1 amide bonds. The molecule has 0 spiro atoms. The number of nitrogens with zero attached hydrogens (tertiary/aromatic N) is 1. The molecule has 0 radical (unpaired) electrons. The second kappa shape index (κ2) is 13.4. The number of hydrogen-bond acceptors (Lipinski definition) is 7. The topological polar surface area (TPSA) is 113 Å². The predicted octanol–water partition coefficient (Wildman–Crippen LogP) is 5.35. The molecule has 1 aromatic heterocycles. The van der Waals surface area contributed by atoms with E-state index in [1.807, 2.05) is 19.1 Å². The number of amides is 1. The van der Waals surface area contributed by atoms with Crippen molar-refractivity contribution in [1.82, 2.24) is 15.6 Å². The molecule has 1 heterocycles. The molecular weight excluding hydrogens is 517 g/mol. The third-order valence-corrected chi connectivity index (χ3v) is 6.69. The summed E-state index contributed by atoms with van der Waals surface area (Å²) in [6.07, 6.45) is 2.12. The zero-order chi connectivity index (χ0) is 26.9. The van der Waals surface area contributed by atoms with Crippen molar-refractivity contribution in [2.24, 2.45) is 0 Å². The number of pyridine rings is 1. The Kier molecular flexibility index (Phi) is 10.3. The van der Waals surface area contributed by atoms with E-state index in [4.69, 9.17) is 32.7 Å². The first-order valence-corrected chi connectivity index (χ1v) is 12.7. The predicted molar refractivity (Wildman–Crippen MR) is 145 cm³/mol. The van der Waals surface area contributed by atoms with Crippen molar-refractivity contribution in [1.29, 1.82) is 0 Å². The molecule has 0 saturated carbocycles. The van der Waals surface area contributed by atoms with Gasteiger partial charge in [-0.2, -0.15) is 0 Å². The lowest BCUT2D eigenvalue weighted by molar-refractivity contribution is 0.0947. The maximum atomic E-state index is 13.0. The highest BCUT2D eigenvalue weighted by Gasteiger charge is 2.28. The van der Waals surface area contributed by atoms with Crippen LogP contribution in [0.5, 0.6) is 23.1 Å². The van der Waals surface area contributed by atoms with Crippen LogP contribution >= 0.6 is 23.2 Å². The fourth-order valence-corrected chi connectivity index (χ4v) is 4.35. The van der Waals surface area contributed by atoms with E-state index in [-0.39, 0.29) is 12.1 Å². The van der Waals surface area contributed by atoms with Crippen LogP contribution < -0.4 is 20.1 Å². The number of aromatic nitrogens is 1. The van der Waals surface area contributed by atoms with Crippen LogP contribution in [0.15, 0.2) is 36.4 Å². The zero-order valence-corrected chi connectivity index (χ0v) is 22.5. The summed E-state index contributed by atoms with van der Waals surface area (Å²) in [5.41, 5.74) is 1.70. The van der Waals surface area contributed by atoms with Crippen molar-refractivity contribution in [3.63, 3.8) is 0 Å². The van der Waals surface area contributed by atoms with Gasteiger partial charge in [0, 0.05) is 19.6 Å². The Labute approximate surface area is 226 Å². The first-order valence-electron chi connectivity index (χ1n) is 11.9. The molecule has 198 valence electrons. The Hall–Kier alpha value is -3.20. The molecule has 10 heteroatoms. The van der Waals surface area contributed by atoms with Gasteiger partial charge in [0.25, 0.3) is 5.91 Å². The number of aryl methyl sites for hydroxylation is 1. The molecule has 2 aromatic carbocycles. The number of methoxy groups -OCH3 is 2. The van der Waals surface area contributed by atoms with Gasteiger partial charge in [-0.05, 0) is 36.6 Å². The molecule has 0 unspecified atom stereocenters. The van der Waals surface area contributed by atoms with Crippen molar-refractivity contribution in [3.8, 4) is 34.3 Å². The molecule has 0 aliphatic carbocycles. The Balaban J connectivity index is 1.85. The summed E-state index contributed by atoms with van der Waals surface area (Å²) in [6, 6.07) is 10.6. The molecule has 37 heavy (non-hydrogen) atoms. The van der Waals surface area contributed by atoms with E-state index >= 15 is 0 Å². The molecular formula is C27H31Cl2N3O5. The second-order valence-electron chi connectivity index (χ2n) is 8.27. The van der Waals surface area contributed by atoms with Crippen LogP contribution in [0.25, 0.3) is 11.1 Å². The molecule has 0 atom stereocenters. The standard InChI is InChI=1S/C27H31Cl2N3O5/c1-4-5-10-18-21(22-19(36-2)11-7-12-20(22)37-3)25(33)23(27(35)32-18)26(34)31-14-13-30-15-16-8-6-9-17(28)24(16)29/h6-9,11-12,30H,4-5,10,13-15H2,1-3H3,(H,31,34)(H2,32,33,35). The number of halogens is 2.